The summed E-state index contributed by atoms with van der Waals surface area (Å²) in [7, 11) is -2.42. The second kappa shape index (κ2) is 8.24. The summed E-state index contributed by atoms with van der Waals surface area (Å²) in [5, 5.41) is 13.7. The van der Waals surface area contributed by atoms with E-state index in [0.717, 1.165) is 39.1 Å². The molecule has 1 unspecified atom stereocenters. The summed E-state index contributed by atoms with van der Waals surface area (Å²) < 4.78 is 11.4. The standard InChI is InChI=1S/C12H28N2O3Si/c1-4-16-18(3,17-5-2)12(15)6-9-14-10-7-13-8-11-14/h12-13,15H,4-11H2,1-3H3. The van der Waals surface area contributed by atoms with Crippen LogP contribution in [0.1, 0.15) is 20.3 Å². The topological polar surface area (TPSA) is 54.0 Å². The molecule has 1 fully saturated rings. The normalized spacial score (nSPS) is 20.0. The van der Waals surface area contributed by atoms with Gasteiger partial charge in [-0.2, -0.15) is 0 Å². The van der Waals surface area contributed by atoms with Gasteiger partial charge in [-0.15, -0.1) is 0 Å². The van der Waals surface area contributed by atoms with Gasteiger partial charge in [0.1, 0.15) is 0 Å². The lowest BCUT2D eigenvalue weighted by molar-refractivity contribution is 0.101. The third kappa shape index (κ3) is 4.95. The molecule has 0 aromatic rings. The first-order valence-corrected chi connectivity index (χ1v) is 9.40. The quantitative estimate of drug-likeness (QED) is 0.626. The van der Waals surface area contributed by atoms with E-state index in [0.29, 0.717) is 13.2 Å². The van der Waals surface area contributed by atoms with Crippen molar-refractivity contribution in [3.05, 3.63) is 0 Å². The van der Waals surface area contributed by atoms with Gasteiger partial charge in [-0.1, -0.05) is 0 Å². The fourth-order valence-electron chi connectivity index (χ4n) is 2.31. The SMILES string of the molecule is CCO[Si](C)(OCC)C(O)CCN1CCNCC1. The van der Waals surface area contributed by atoms with Crippen LogP contribution < -0.4 is 5.32 Å². The Morgan fingerprint density at radius 3 is 2.28 bits per heavy atom. The van der Waals surface area contributed by atoms with Gasteiger partial charge in [0, 0.05) is 45.9 Å². The molecule has 0 aromatic carbocycles. The van der Waals surface area contributed by atoms with Gasteiger partial charge in [0.15, 0.2) is 0 Å². The smallest absolute Gasteiger partial charge is 0.364 e. The summed E-state index contributed by atoms with van der Waals surface area (Å²) in [6.45, 7) is 12.2. The molecule has 1 heterocycles. The maximum Gasteiger partial charge on any atom is 0.364 e. The van der Waals surface area contributed by atoms with E-state index in [1.54, 1.807) is 0 Å². The summed E-state index contributed by atoms with van der Waals surface area (Å²) in [6.07, 6.45) is 0.739. The predicted octanol–water partition coefficient (Wildman–Crippen LogP) is 0.327. The fourth-order valence-corrected chi connectivity index (χ4v) is 4.58. The number of hydrogen-bond donors (Lipinski definition) is 2. The van der Waals surface area contributed by atoms with Crippen LogP contribution in [0, 0.1) is 0 Å². The second-order valence-corrected chi connectivity index (χ2v) is 8.05. The van der Waals surface area contributed by atoms with Gasteiger partial charge >= 0.3 is 8.56 Å². The molecule has 0 aromatic heterocycles. The summed E-state index contributed by atoms with van der Waals surface area (Å²) in [4.78, 5) is 2.38. The molecule has 1 rings (SSSR count). The lowest BCUT2D eigenvalue weighted by Gasteiger charge is -2.33. The monoisotopic (exact) mass is 276 g/mol. The largest absolute Gasteiger partial charge is 0.393 e. The van der Waals surface area contributed by atoms with Crippen molar-refractivity contribution in [1.29, 1.82) is 0 Å². The van der Waals surface area contributed by atoms with E-state index in [4.69, 9.17) is 8.85 Å². The lowest BCUT2D eigenvalue weighted by atomic mass is 10.3. The molecule has 0 spiro atoms. The van der Waals surface area contributed by atoms with Gasteiger partial charge in [-0.05, 0) is 26.8 Å². The number of piperazine rings is 1. The molecule has 1 atom stereocenters. The Bertz CT molecular complexity index is 219. The van der Waals surface area contributed by atoms with E-state index in [9.17, 15) is 5.11 Å². The number of nitrogens with zero attached hydrogens (tertiary/aromatic N) is 1. The first kappa shape index (κ1) is 16.1. The van der Waals surface area contributed by atoms with E-state index >= 15 is 0 Å². The van der Waals surface area contributed by atoms with Crippen LogP contribution >= 0.6 is 0 Å². The highest BCUT2D eigenvalue weighted by Crippen LogP contribution is 2.16. The highest BCUT2D eigenvalue weighted by Gasteiger charge is 2.39. The van der Waals surface area contributed by atoms with Gasteiger partial charge in [-0.25, -0.2) is 0 Å². The number of rotatable bonds is 8. The van der Waals surface area contributed by atoms with Crippen LogP contribution in [0.3, 0.4) is 0 Å². The Morgan fingerprint density at radius 1 is 1.22 bits per heavy atom. The summed E-state index contributed by atoms with van der Waals surface area (Å²) in [5.74, 6) is 0. The molecule has 108 valence electrons. The Kier molecular flexibility index (Phi) is 7.36. The van der Waals surface area contributed by atoms with Gasteiger partial charge in [0.25, 0.3) is 0 Å². The van der Waals surface area contributed by atoms with Crippen LogP contribution in [0.2, 0.25) is 6.55 Å². The zero-order chi connectivity index (χ0) is 13.4. The Labute approximate surface area is 112 Å². The first-order chi connectivity index (χ1) is 8.62. The number of aliphatic hydroxyl groups excluding tert-OH is 1. The highest BCUT2D eigenvalue weighted by molar-refractivity contribution is 6.67. The van der Waals surface area contributed by atoms with Crippen molar-refractivity contribution in [2.75, 3.05) is 45.9 Å². The zero-order valence-corrected chi connectivity index (χ0v) is 12.9. The Morgan fingerprint density at radius 2 is 1.78 bits per heavy atom. The summed E-state index contributed by atoms with van der Waals surface area (Å²) in [6, 6.07) is 0. The van der Waals surface area contributed by atoms with Crippen molar-refractivity contribution in [3.63, 3.8) is 0 Å². The molecule has 1 aliphatic heterocycles. The van der Waals surface area contributed by atoms with Crippen molar-refractivity contribution in [1.82, 2.24) is 10.2 Å². The van der Waals surface area contributed by atoms with Crippen LogP contribution in [-0.2, 0) is 8.85 Å². The Balaban J connectivity index is 2.37. The molecule has 5 nitrogen and oxygen atoms in total. The maximum absolute atomic E-state index is 10.3. The van der Waals surface area contributed by atoms with Gasteiger partial charge < -0.3 is 24.2 Å². The summed E-state index contributed by atoms with van der Waals surface area (Å²) in [5.41, 5.74) is -0.452. The van der Waals surface area contributed by atoms with Crippen LogP contribution in [0.5, 0.6) is 0 Å². The van der Waals surface area contributed by atoms with E-state index in [1.807, 2.05) is 20.4 Å². The summed E-state index contributed by atoms with van der Waals surface area (Å²) >= 11 is 0. The fraction of sp³-hybridized carbons (Fsp3) is 1.00. The molecular weight excluding hydrogens is 248 g/mol. The number of aliphatic hydroxyl groups is 1. The van der Waals surface area contributed by atoms with Crippen molar-refractivity contribution in [2.45, 2.75) is 32.5 Å². The van der Waals surface area contributed by atoms with E-state index in [-0.39, 0.29) is 0 Å². The molecule has 6 heteroatoms. The van der Waals surface area contributed by atoms with Crippen LogP contribution in [0.25, 0.3) is 0 Å². The molecule has 18 heavy (non-hydrogen) atoms. The van der Waals surface area contributed by atoms with Crippen LogP contribution in [-0.4, -0.2) is 70.2 Å². The van der Waals surface area contributed by atoms with Gasteiger partial charge in [0.05, 0.1) is 5.73 Å². The molecule has 1 saturated heterocycles. The highest BCUT2D eigenvalue weighted by atomic mass is 28.4. The van der Waals surface area contributed by atoms with E-state index in [2.05, 4.69) is 10.2 Å². The van der Waals surface area contributed by atoms with Gasteiger partial charge in [-0.3, -0.25) is 0 Å². The zero-order valence-electron chi connectivity index (χ0n) is 11.9. The minimum atomic E-state index is -2.42. The second-order valence-electron chi connectivity index (χ2n) is 4.78. The molecule has 0 aliphatic carbocycles. The Hall–Kier alpha value is 0.0169. The van der Waals surface area contributed by atoms with Crippen molar-refractivity contribution in [3.8, 4) is 0 Å². The average Bonchev–Trinajstić information content (AvgIpc) is 2.37. The minimum absolute atomic E-state index is 0.452. The van der Waals surface area contributed by atoms with Crippen LogP contribution in [0.15, 0.2) is 0 Å². The number of hydrogen-bond acceptors (Lipinski definition) is 5. The predicted molar refractivity (Wildman–Crippen MR) is 74.8 cm³/mol. The molecule has 0 saturated carbocycles. The van der Waals surface area contributed by atoms with E-state index < -0.39 is 14.3 Å². The lowest BCUT2D eigenvalue weighted by Crippen LogP contribution is -2.53. The molecule has 0 radical (unpaired) electrons. The molecule has 1 aliphatic rings. The van der Waals surface area contributed by atoms with Gasteiger partial charge in [0.2, 0.25) is 0 Å². The minimum Gasteiger partial charge on any atom is -0.393 e. The first-order valence-electron chi connectivity index (χ1n) is 7.01. The van der Waals surface area contributed by atoms with Crippen molar-refractivity contribution >= 4 is 8.56 Å². The average molecular weight is 276 g/mol. The molecular formula is C12H28N2O3Si. The van der Waals surface area contributed by atoms with Crippen LogP contribution in [0.4, 0.5) is 0 Å². The van der Waals surface area contributed by atoms with Crippen molar-refractivity contribution < 1.29 is 14.0 Å². The molecule has 0 bridgehead atoms. The van der Waals surface area contributed by atoms with Crippen molar-refractivity contribution in [2.24, 2.45) is 0 Å². The maximum atomic E-state index is 10.3. The third-order valence-electron chi connectivity index (χ3n) is 3.40. The molecule has 0 amide bonds. The number of nitrogens with one attached hydrogen (secondary N) is 1. The third-order valence-corrected chi connectivity index (χ3v) is 6.62. The van der Waals surface area contributed by atoms with E-state index in [1.165, 1.54) is 0 Å². The molecule has 2 N–H and O–H groups in total.